The Hall–Kier alpha value is -1.01. The molecule has 2 atom stereocenters. The lowest BCUT2D eigenvalue weighted by Gasteiger charge is -2.15. The van der Waals surface area contributed by atoms with Crippen LogP contribution in [0.1, 0.15) is 18.2 Å². The lowest BCUT2D eigenvalue weighted by atomic mass is 10.0. The maximum Gasteiger partial charge on any atom is 0.0814 e. The van der Waals surface area contributed by atoms with Crippen LogP contribution in [0.2, 0.25) is 0 Å². The molecule has 2 unspecified atom stereocenters. The molecule has 1 aromatic rings. The summed E-state index contributed by atoms with van der Waals surface area (Å²) in [6, 6.07) is 6.41. The van der Waals surface area contributed by atoms with Crippen LogP contribution in [0.25, 0.3) is 0 Å². The highest BCUT2D eigenvalue weighted by Gasteiger charge is 2.27. The van der Waals surface area contributed by atoms with E-state index >= 15 is 0 Å². The molecule has 1 saturated heterocycles. The summed E-state index contributed by atoms with van der Waals surface area (Å²) in [5, 5.41) is 0. The van der Waals surface area contributed by atoms with E-state index in [4.69, 9.17) is 5.73 Å². The summed E-state index contributed by atoms with van der Waals surface area (Å²) in [5.41, 5.74) is 15.7. The molecule has 5 N–H and O–H groups in total. The standard InChI is InChI=1S/C9H15N5/c10-5-4-8-9(13-14-12-8)7-3-1-2-6-11-7/h1-3,6,8-9,12-14H,4-5,10H2. The SMILES string of the molecule is NCCC1NNNC1c1ccccn1. The average molecular weight is 193 g/mol. The zero-order chi connectivity index (χ0) is 9.80. The molecule has 76 valence electrons. The van der Waals surface area contributed by atoms with Gasteiger partial charge in [0.2, 0.25) is 0 Å². The van der Waals surface area contributed by atoms with E-state index in [1.807, 2.05) is 18.2 Å². The number of aromatic nitrogens is 1. The zero-order valence-corrected chi connectivity index (χ0v) is 7.90. The van der Waals surface area contributed by atoms with Gasteiger partial charge in [0, 0.05) is 12.2 Å². The van der Waals surface area contributed by atoms with E-state index in [2.05, 4.69) is 21.4 Å². The van der Waals surface area contributed by atoms with E-state index in [1.165, 1.54) is 0 Å². The highest BCUT2D eigenvalue weighted by atomic mass is 15.7. The highest BCUT2D eigenvalue weighted by Crippen LogP contribution is 2.17. The third-order valence-electron chi connectivity index (χ3n) is 2.37. The van der Waals surface area contributed by atoms with Gasteiger partial charge in [-0.05, 0) is 25.1 Å². The predicted molar refractivity (Wildman–Crippen MR) is 53.8 cm³/mol. The van der Waals surface area contributed by atoms with Gasteiger partial charge in [-0.3, -0.25) is 4.98 Å². The summed E-state index contributed by atoms with van der Waals surface area (Å²) in [5.74, 6) is 0. The van der Waals surface area contributed by atoms with Crippen molar-refractivity contribution in [3.8, 4) is 0 Å². The van der Waals surface area contributed by atoms with Gasteiger partial charge in [-0.2, -0.15) is 5.53 Å². The minimum Gasteiger partial charge on any atom is -0.330 e. The Balaban J connectivity index is 2.10. The van der Waals surface area contributed by atoms with Gasteiger partial charge in [0.15, 0.2) is 0 Å². The first-order valence-corrected chi connectivity index (χ1v) is 4.79. The largest absolute Gasteiger partial charge is 0.330 e. The average Bonchev–Trinajstić information content (AvgIpc) is 2.68. The molecule has 0 aromatic carbocycles. The quantitative estimate of drug-likeness (QED) is 0.518. The van der Waals surface area contributed by atoms with Crippen molar-refractivity contribution in [3.63, 3.8) is 0 Å². The number of nitrogens with zero attached hydrogens (tertiary/aromatic N) is 1. The molecule has 1 aromatic heterocycles. The van der Waals surface area contributed by atoms with E-state index in [-0.39, 0.29) is 6.04 Å². The molecule has 1 fully saturated rings. The molecule has 1 aliphatic heterocycles. The molecule has 2 rings (SSSR count). The van der Waals surface area contributed by atoms with E-state index in [9.17, 15) is 0 Å². The second kappa shape index (κ2) is 4.47. The lowest BCUT2D eigenvalue weighted by Crippen LogP contribution is -2.34. The number of rotatable bonds is 3. The van der Waals surface area contributed by atoms with Gasteiger partial charge in [-0.15, -0.1) is 0 Å². The van der Waals surface area contributed by atoms with Crippen LogP contribution in [0.5, 0.6) is 0 Å². The number of nitrogens with one attached hydrogen (secondary N) is 3. The molecule has 5 heteroatoms. The summed E-state index contributed by atoms with van der Waals surface area (Å²) >= 11 is 0. The summed E-state index contributed by atoms with van der Waals surface area (Å²) < 4.78 is 0. The molecular formula is C9H15N5. The summed E-state index contributed by atoms with van der Waals surface area (Å²) in [6.45, 7) is 0.671. The summed E-state index contributed by atoms with van der Waals surface area (Å²) in [4.78, 5) is 4.31. The first kappa shape index (κ1) is 9.54. The molecule has 5 nitrogen and oxygen atoms in total. The Bertz CT molecular complexity index is 276. The van der Waals surface area contributed by atoms with Gasteiger partial charge in [0.25, 0.3) is 0 Å². The van der Waals surface area contributed by atoms with Crippen LogP contribution < -0.4 is 22.1 Å². The van der Waals surface area contributed by atoms with Crippen molar-refractivity contribution in [2.45, 2.75) is 18.5 Å². The third-order valence-corrected chi connectivity index (χ3v) is 2.37. The molecule has 0 aliphatic carbocycles. The normalized spacial score (nSPS) is 26.6. The number of hydrazine groups is 2. The fraction of sp³-hybridized carbons (Fsp3) is 0.444. The first-order valence-electron chi connectivity index (χ1n) is 4.79. The van der Waals surface area contributed by atoms with E-state index in [0.717, 1.165) is 12.1 Å². The van der Waals surface area contributed by atoms with Crippen LogP contribution in [0.4, 0.5) is 0 Å². The van der Waals surface area contributed by atoms with Gasteiger partial charge >= 0.3 is 0 Å². The van der Waals surface area contributed by atoms with Crippen LogP contribution >= 0.6 is 0 Å². The maximum absolute atomic E-state index is 5.53. The fourth-order valence-corrected chi connectivity index (χ4v) is 1.65. The van der Waals surface area contributed by atoms with Crippen molar-refractivity contribution in [2.75, 3.05) is 6.54 Å². The van der Waals surface area contributed by atoms with Crippen molar-refractivity contribution in [1.82, 2.24) is 21.4 Å². The minimum absolute atomic E-state index is 0.194. The molecule has 14 heavy (non-hydrogen) atoms. The summed E-state index contributed by atoms with van der Waals surface area (Å²) in [7, 11) is 0. The smallest absolute Gasteiger partial charge is 0.0814 e. The molecule has 0 saturated carbocycles. The molecular weight excluding hydrogens is 178 g/mol. The number of hydrogen-bond donors (Lipinski definition) is 4. The minimum atomic E-state index is 0.194. The lowest BCUT2D eigenvalue weighted by molar-refractivity contribution is 0.490. The van der Waals surface area contributed by atoms with Crippen molar-refractivity contribution < 1.29 is 0 Å². The maximum atomic E-state index is 5.53. The highest BCUT2D eigenvalue weighted by molar-refractivity contribution is 5.12. The summed E-state index contributed by atoms with van der Waals surface area (Å²) in [6.07, 6.45) is 2.72. The van der Waals surface area contributed by atoms with Crippen molar-refractivity contribution in [2.24, 2.45) is 5.73 Å². The second-order valence-corrected chi connectivity index (χ2v) is 3.33. The molecule has 0 spiro atoms. The number of nitrogens with two attached hydrogens (primary N) is 1. The third kappa shape index (κ3) is 1.91. The molecule has 0 amide bonds. The Morgan fingerprint density at radius 1 is 1.36 bits per heavy atom. The van der Waals surface area contributed by atoms with E-state index in [0.29, 0.717) is 12.6 Å². The molecule has 0 bridgehead atoms. The fourth-order valence-electron chi connectivity index (χ4n) is 1.65. The van der Waals surface area contributed by atoms with Crippen molar-refractivity contribution in [3.05, 3.63) is 30.1 Å². The monoisotopic (exact) mass is 193 g/mol. The molecule has 2 heterocycles. The zero-order valence-electron chi connectivity index (χ0n) is 7.90. The number of hydrogen-bond acceptors (Lipinski definition) is 5. The van der Waals surface area contributed by atoms with Gasteiger partial charge in [0.05, 0.1) is 11.7 Å². The second-order valence-electron chi connectivity index (χ2n) is 3.33. The Morgan fingerprint density at radius 3 is 3.00 bits per heavy atom. The van der Waals surface area contributed by atoms with Crippen LogP contribution in [0, 0.1) is 0 Å². The van der Waals surface area contributed by atoms with Crippen LogP contribution in [0.3, 0.4) is 0 Å². The van der Waals surface area contributed by atoms with Gasteiger partial charge in [-0.1, -0.05) is 6.07 Å². The van der Waals surface area contributed by atoms with E-state index in [1.54, 1.807) is 6.20 Å². The van der Waals surface area contributed by atoms with Gasteiger partial charge in [0.1, 0.15) is 0 Å². The first-order chi connectivity index (χ1) is 6.92. The van der Waals surface area contributed by atoms with Gasteiger partial charge < -0.3 is 5.73 Å². The topological polar surface area (TPSA) is 75.0 Å². The van der Waals surface area contributed by atoms with Crippen LogP contribution in [-0.4, -0.2) is 17.6 Å². The number of pyridine rings is 1. The van der Waals surface area contributed by atoms with Crippen molar-refractivity contribution in [1.29, 1.82) is 0 Å². The Labute approximate surface area is 83.0 Å². The van der Waals surface area contributed by atoms with Gasteiger partial charge in [-0.25, -0.2) is 10.9 Å². The van der Waals surface area contributed by atoms with Crippen LogP contribution in [0.15, 0.2) is 24.4 Å². The Kier molecular flexibility index (Phi) is 3.05. The predicted octanol–water partition coefficient (Wildman–Crippen LogP) is -0.547. The van der Waals surface area contributed by atoms with Crippen LogP contribution in [-0.2, 0) is 0 Å². The van der Waals surface area contributed by atoms with Crippen molar-refractivity contribution >= 4 is 0 Å². The molecule has 0 radical (unpaired) electrons. The molecule has 1 aliphatic rings. The van der Waals surface area contributed by atoms with E-state index < -0.39 is 0 Å². The Morgan fingerprint density at radius 2 is 2.29 bits per heavy atom.